The van der Waals surface area contributed by atoms with Crippen molar-refractivity contribution in [3.8, 4) is 11.5 Å². The second-order valence-corrected chi connectivity index (χ2v) is 12.6. The minimum absolute atomic E-state index is 0.0391. The fraction of sp³-hybridized carbons (Fsp3) is 0.500. The Bertz CT molecular complexity index is 1350. The van der Waals surface area contributed by atoms with Crippen LogP contribution in [-0.4, -0.2) is 77.7 Å². The zero-order valence-electron chi connectivity index (χ0n) is 24.4. The van der Waals surface area contributed by atoms with Crippen LogP contribution in [0.5, 0.6) is 11.5 Å². The molecule has 2 aromatic carbocycles. The molecule has 41 heavy (non-hydrogen) atoms. The normalized spacial score (nSPS) is 20.7. The Balaban J connectivity index is 1.30. The zero-order chi connectivity index (χ0) is 29.5. The lowest BCUT2D eigenvalue weighted by atomic mass is 9.86. The molecule has 3 aliphatic rings. The number of Topliss-reactive ketones (excluding diaryl/α,β-unsaturated/α-hetero) is 1. The molecule has 218 valence electrons. The minimum atomic E-state index is -0.779. The molecule has 3 aliphatic heterocycles. The van der Waals surface area contributed by atoms with E-state index >= 15 is 0 Å². The van der Waals surface area contributed by atoms with Crippen molar-refractivity contribution in [2.45, 2.75) is 71.0 Å². The molecular formula is C32H39N3O6. The van der Waals surface area contributed by atoms with Crippen LogP contribution in [-0.2, 0) is 15.0 Å². The Hall–Kier alpha value is -3.88. The van der Waals surface area contributed by atoms with Gasteiger partial charge in [0.25, 0.3) is 11.8 Å². The average Bonchev–Trinajstić information content (AvgIpc) is 3.52. The maximum Gasteiger partial charge on any atom is 0.254 e. The molecule has 0 aliphatic carbocycles. The van der Waals surface area contributed by atoms with E-state index in [1.54, 1.807) is 40.1 Å². The predicted octanol–water partition coefficient (Wildman–Crippen LogP) is 3.59. The quantitative estimate of drug-likeness (QED) is 0.578. The summed E-state index contributed by atoms with van der Waals surface area (Å²) in [5.74, 6) is 0.179. The highest BCUT2D eigenvalue weighted by Gasteiger charge is 2.52. The van der Waals surface area contributed by atoms with Crippen LogP contribution in [0, 0.1) is 5.92 Å². The summed E-state index contributed by atoms with van der Waals surface area (Å²) in [5.41, 5.74) is 1.96. The van der Waals surface area contributed by atoms with Gasteiger partial charge in [-0.1, -0.05) is 46.8 Å². The van der Waals surface area contributed by atoms with E-state index in [-0.39, 0.29) is 41.4 Å². The molecule has 5 rings (SSSR count). The number of hydrogen-bond acceptors (Lipinski definition) is 6. The van der Waals surface area contributed by atoms with Crippen LogP contribution < -0.4 is 14.8 Å². The summed E-state index contributed by atoms with van der Waals surface area (Å²) >= 11 is 0. The molecule has 0 bridgehead atoms. The molecular weight excluding hydrogens is 522 g/mol. The van der Waals surface area contributed by atoms with Gasteiger partial charge in [0.2, 0.25) is 5.91 Å². The summed E-state index contributed by atoms with van der Waals surface area (Å²) in [5, 5.41) is 2.94. The van der Waals surface area contributed by atoms with Gasteiger partial charge in [0.1, 0.15) is 25.3 Å². The number of carbonyl (C=O) groups is 4. The first-order valence-electron chi connectivity index (χ1n) is 14.4. The number of nitrogens with zero attached hydrogens (tertiary/aromatic N) is 2. The third-order valence-electron chi connectivity index (χ3n) is 8.08. The summed E-state index contributed by atoms with van der Waals surface area (Å²) in [6.07, 6.45) is 0.932. The standard InChI is InChI=1S/C32H39N3O6/c1-19(2)16-23(33-29(37)20-6-9-22(10-7-20)32(3,4)5)31(39)34-13-12-24-28(34)25(36)18-35(24)30(38)21-8-11-26-27(17-21)41-15-14-40-26/h6-11,17,19,23-24,28H,12-16,18H2,1-5H3,(H,33,37)/t23-,24?,28?/m0/s1. The van der Waals surface area contributed by atoms with E-state index in [0.717, 1.165) is 5.56 Å². The Morgan fingerprint density at radius 2 is 1.61 bits per heavy atom. The number of rotatable bonds is 6. The topological polar surface area (TPSA) is 105 Å². The predicted molar refractivity (Wildman–Crippen MR) is 153 cm³/mol. The molecule has 2 fully saturated rings. The third-order valence-corrected chi connectivity index (χ3v) is 8.08. The highest BCUT2D eigenvalue weighted by Crippen LogP contribution is 2.35. The molecule has 0 radical (unpaired) electrons. The average molecular weight is 562 g/mol. The molecule has 9 nitrogen and oxygen atoms in total. The van der Waals surface area contributed by atoms with E-state index < -0.39 is 18.1 Å². The molecule has 3 heterocycles. The summed E-state index contributed by atoms with van der Waals surface area (Å²) in [6, 6.07) is 10.5. The van der Waals surface area contributed by atoms with Crippen molar-refractivity contribution in [1.82, 2.24) is 15.1 Å². The van der Waals surface area contributed by atoms with Crippen LogP contribution in [0.15, 0.2) is 42.5 Å². The Labute approximate surface area is 241 Å². The Morgan fingerprint density at radius 3 is 2.27 bits per heavy atom. The first kappa shape index (κ1) is 28.6. The monoisotopic (exact) mass is 561 g/mol. The van der Waals surface area contributed by atoms with E-state index in [9.17, 15) is 19.2 Å². The van der Waals surface area contributed by atoms with Crippen molar-refractivity contribution in [3.63, 3.8) is 0 Å². The van der Waals surface area contributed by atoms with Gasteiger partial charge in [-0.2, -0.15) is 0 Å². The largest absolute Gasteiger partial charge is 0.486 e. The molecule has 2 aromatic rings. The van der Waals surface area contributed by atoms with Gasteiger partial charge in [-0.25, -0.2) is 0 Å². The second-order valence-electron chi connectivity index (χ2n) is 12.6. The van der Waals surface area contributed by atoms with E-state index in [2.05, 4.69) is 26.1 Å². The number of likely N-dealkylation sites (tertiary alicyclic amines) is 2. The second kappa shape index (κ2) is 11.2. The number of nitrogens with one attached hydrogen (secondary N) is 1. The van der Waals surface area contributed by atoms with E-state index in [1.165, 1.54) is 0 Å². The minimum Gasteiger partial charge on any atom is -0.486 e. The van der Waals surface area contributed by atoms with Crippen LogP contribution in [0.25, 0.3) is 0 Å². The SMILES string of the molecule is CC(C)C[C@H](NC(=O)c1ccc(C(C)(C)C)cc1)C(=O)N1CCC2C1C(=O)CN2C(=O)c1ccc2c(c1)OCCO2. The lowest BCUT2D eigenvalue weighted by Crippen LogP contribution is -2.53. The van der Waals surface area contributed by atoms with E-state index in [1.807, 2.05) is 26.0 Å². The molecule has 0 spiro atoms. The Morgan fingerprint density at radius 1 is 0.951 bits per heavy atom. The molecule has 2 unspecified atom stereocenters. The number of amides is 3. The summed E-state index contributed by atoms with van der Waals surface area (Å²) < 4.78 is 11.2. The number of ketones is 1. The van der Waals surface area contributed by atoms with Crippen LogP contribution >= 0.6 is 0 Å². The molecule has 3 amide bonds. The fourth-order valence-electron chi connectivity index (χ4n) is 5.94. The first-order valence-corrected chi connectivity index (χ1v) is 14.4. The molecule has 9 heteroatoms. The summed E-state index contributed by atoms with van der Waals surface area (Å²) in [6.45, 7) is 11.5. The van der Waals surface area contributed by atoms with Gasteiger partial charge >= 0.3 is 0 Å². The number of carbonyl (C=O) groups excluding carboxylic acids is 4. The van der Waals surface area contributed by atoms with Crippen LogP contribution in [0.1, 0.15) is 73.7 Å². The number of benzene rings is 2. The molecule has 0 aromatic heterocycles. The lowest BCUT2D eigenvalue weighted by Gasteiger charge is -2.29. The molecule has 0 saturated carbocycles. The first-order chi connectivity index (χ1) is 19.4. The van der Waals surface area contributed by atoms with Crippen molar-refractivity contribution in [2.24, 2.45) is 5.92 Å². The Kier molecular flexibility index (Phi) is 7.81. The van der Waals surface area contributed by atoms with Gasteiger partial charge in [-0.05, 0) is 60.1 Å². The highest BCUT2D eigenvalue weighted by atomic mass is 16.6. The molecule has 3 atom stereocenters. The molecule has 2 saturated heterocycles. The van der Waals surface area contributed by atoms with Crippen LogP contribution in [0.2, 0.25) is 0 Å². The van der Waals surface area contributed by atoms with Crippen molar-refractivity contribution in [3.05, 3.63) is 59.2 Å². The van der Waals surface area contributed by atoms with Crippen LogP contribution in [0.4, 0.5) is 0 Å². The number of fused-ring (bicyclic) bond motifs is 2. The van der Waals surface area contributed by atoms with Crippen molar-refractivity contribution in [2.75, 3.05) is 26.3 Å². The van der Waals surface area contributed by atoms with Gasteiger partial charge < -0.3 is 24.6 Å². The zero-order valence-corrected chi connectivity index (χ0v) is 24.4. The lowest BCUT2D eigenvalue weighted by molar-refractivity contribution is -0.138. The van der Waals surface area contributed by atoms with Gasteiger partial charge in [-0.3, -0.25) is 19.2 Å². The van der Waals surface area contributed by atoms with Crippen LogP contribution in [0.3, 0.4) is 0 Å². The maximum absolute atomic E-state index is 13.9. The van der Waals surface area contributed by atoms with Crippen molar-refractivity contribution >= 4 is 23.5 Å². The highest BCUT2D eigenvalue weighted by molar-refractivity contribution is 6.03. The third kappa shape index (κ3) is 5.80. The molecule has 1 N–H and O–H groups in total. The van der Waals surface area contributed by atoms with Gasteiger partial charge in [0, 0.05) is 17.7 Å². The summed E-state index contributed by atoms with van der Waals surface area (Å²) in [7, 11) is 0. The van der Waals surface area contributed by atoms with E-state index in [4.69, 9.17) is 9.47 Å². The number of hydrogen-bond donors (Lipinski definition) is 1. The number of ether oxygens (including phenoxy) is 2. The van der Waals surface area contributed by atoms with Crippen molar-refractivity contribution < 1.29 is 28.7 Å². The summed E-state index contributed by atoms with van der Waals surface area (Å²) in [4.78, 5) is 56.9. The smallest absolute Gasteiger partial charge is 0.254 e. The van der Waals surface area contributed by atoms with Crippen molar-refractivity contribution in [1.29, 1.82) is 0 Å². The van der Waals surface area contributed by atoms with Gasteiger partial charge in [0.05, 0.1) is 12.6 Å². The van der Waals surface area contributed by atoms with Gasteiger partial charge in [-0.15, -0.1) is 0 Å². The maximum atomic E-state index is 13.9. The fourth-order valence-corrected chi connectivity index (χ4v) is 5.94. The van der Waals surface area contributed by atoms with Gasteiger partial charge in [0.15, 0.2) is 17.3 Å². The van der Waals surface area contributed by atoms with E-state index in [0.29, 0.717) is 55.2 Å².